The molecule has 0 saturated carbocycles. The average Bonchev–Trinajstić information content (AvgIpc) is 3.32. The Labute approximate surface area is 186 Å². The Morgan fingerprint density at radius 2 is 2.17 bits per heavy atom. The van der Waals surface area contributed by atoms with E-state index in [2.05, 4.69) is 28.5 Å². The number of hydrogen-bond donors (Lipinski definition) is 1. The van der Waals surface area contributed by atoms with Crippen molar-refractivity contribution in [3.63, 3.8) is 0 Å². The normalized spacial score (nSPS) is 16.9. The average molecular weight is 441 g/mol. The second-order valence-electron chi connectivity index (χ2n) is 8.01. The first-order valence-electron chi connectivity index (χ1n) is 10.5. The van der Waals surface area contributed by atoms with E-state index in [9.17, 15) is 4.79 Å². The second kappa shape index (κ2) is 8.94. The molecule has 0 saturated heterocycles. The van der Waals surface area contributed by atoms with E-state index in [1.807, 2.05) is 61.1 Å². The van der Waals surface area contributed by atoms with Crippen LogP contribution in [0.3, 0.4) is 0 Å². The van der Waals surface area contributed by atoms with Crippen LogP contribution in [0.15, 0.2) is 35.5 Å². The van der Waals surface area contributed by atoms with Crippen LogP contribution < -0.4 is 5.32 Å². The lowest BCUT2D eigenvalue weighted by Gasteiger charge is -2.19. The summed E-state index contributed by atoms with van der Waals surface area (Å²) in [6.07, 6.45) is 4.89. The van der Waals surface area contributed by atoms with Gasteiger partial charge in [0.05, 0.1) is 10.1 Å². The molecule has 3 aromatic rings. The molecule has 1 aliphatic rings. The van der Waals surface area contributed by atoms with Gasteiger partial charge in [0.1, 0.15) is 0 Å². The molecular weight excluding hydrogens is 412 g/mol. The van der Waals surface area contributed by atoms with Gasteiger partial charge < -0.3 is 9.88 Å². The van der Waals surface area contributed by atoms with Crippen LogP contribution in [0, 0.1) is 12.8 Å². The number of carbonyl (C=O) groups is 1. The molecule has 1 amide bonds. The van der Waals surface area contributed by atoms with Gasteiger partial charge in [-0.05, 0) is 62.3 Å². The van der Waals surface area contributed by atoms with Crippen LogP contribution in [0.5, 0.6) is 0 Å². The number of nitrogens with zero attached hydrogens (tertiary/aromatic N) is 3. The number of thiophene rings is 1. The summed E-state index contributed by atoms with van der Waals surface area (Å²) in [4.78, 5) is 15.3. The Balaban J connectivity index is 1.47. The Morgan fingerprint density at radius 1 is 1.37 bits per heavy atom. The number of hydrogen-bond acceptors (Lipinski definition) is 5. The Hall–Kier alpha value is -2.12. The first-order chi connectivity index (χ1) is 14.5. The van der Waals surface area contributed by atoms with E-state index >= 15 is 0 Å². The molecule has 0 fully saturated rings. The predicted molar refractivity (Wildman–Crippen MR) is 125 cm³/mol. The van der Waals surface area contributed by atoms with Crippen molar-refractivity contribution in [1.82, 2.24) is 14.8 Å². The first-order valence-corrected chi connectivity index (χ1v) is 12.2. The van der Waals surface area contributed by atoms with Gasteiger partial charge in [-0.3, -0.25) is 4.79 Å². The molecule has 7 heteroatoms. The van der Waals surface area contributed by atoms with Crippen molar-refractivity contribution in [3.8, 4) is 10.7 Å². The quantitative estimate of drug-likeness (QED) is 0.515. The highest BCUT2D eigenvalue weighted by atomic mass is 32.2. The number of anilines is 1. The SMILES string of the molecule is CCC1CCc2sc(-c3nnc(SC(C)C(=O)Nc4ccccc4C)n3C)cc2C1. The maximum Gasteiger partial charge on any atom is 0.237 e. The summed E-state index contributed by atoms with van der Waals surface area (Å²) in [5.74, 6) is 1.66. The summed E-state index contributed by atoms with van der Waals surface area (Å²) in [6.45, 7) is 6.18. The van der Waals surface area contributed by atoms with Gasteiger partial charge >= 0.3 is 0 Å². The molecule has 1 aromatic carbocycles. The van der Waals surface area contributed by atoms with Crippen molar-refractivity contribution in [2.24, 2.45) is 13.0 Å². The predicted octanol–water partition coefficient (Wildman–Crippen LogP) is 5.49. The lowest BCUT2D eigenvalue weighted by Crippen LogP contribution is -2.23. The topological polar surface area (TPSA) is 59.8 Å². The van der Waals surface area contributed by atoms with E-state index in [-0.39, 0.29) is 11.2 Å². The minimum atomic E-state index is -0.276. The highest BCUT2D eigenvalue weighted by Crippen LogP contribution is 2.38. The zero-order valence-electron chi connectivity index (χ0n) is 17.9. The van der Waals surface area contributed by atoms with E-state index in [1.165, 1.54) is 52.8 Å². The monoisotopic (exact) mass is 440 g/mol. The van der Waals surface area contributed by atoms with Crippen molar-refractivity contribution in [1.29, 1.82) is 0 Å². The fourth-order valence-corrected chi connectivity index (χ4v) is 5.89. The zero-order chi connectivity index (χ0) is 21.3. The molecule has 0 spiro atoms. The standard InChI is InChI=1S/C23H28N4OS2/c1-5-16-10-11-19-17(12-16)13-20(30-19)21-25-26-23(27(21)4)29-15(3)22(28)24-18-9-7-6-8-14(18)2/h6-9,13,15-16H,5,10-12H2,1-4H3,(H,24,28). The smallest absolute Gasteiger partial charge is 0.237 e. The number of aryl methyl sites for hydroxylation is 2. The minimum absolute atomic E-state index is 0.0314. The van der Waals surface area contributed by atoms with Crippen LogP contribution in [-0.2, 0) is 24.7 Å². The fourth-order valence-electron chi connectivity index (χ4n) is 3.85. The number of amides is 1. The van der Waals surface area contributed by atoms with Crippen molar-refractivity contribution < 1.29 is 4.79 Å². The molecule has 0 bridgehead atoms. The van der Waals surface area contributed by atoms with Crippen LogP contribution in [-0.4, -0.2) is 25.9 Å². The summed E-state index contributed by atoms with van der Waals surface area (Å²) < 4.78 is 2.01. The van der Waals surface area contributed by atoms with E-state index < -0.39 is 0 Å². The highest BCUT2D eigenvalue weighted by molar-refractivity contribution is 8.00. The van der Waals surface area contributed by atoms with Crippen LogP contribution in [0.25, 0.3) is 10.7 Å². The van der Waals surface area contributed by atoms with Gasteiger partial charge in [-0.2, -0.15) is 0 Å². The maximum atomic E-state index is 12.7. The van der Waals surface area contributed by atoms with Gasteiger partial charge in [0.15, 0.2) is 11.0 Å². The molecule has 2 aromatic heterocycles. The van der Waals surface area contributed by atoms with E-state index in [4.69, 9.17) is 0 Å². The van der Waals surface area contributed by atoms with Crippen LogP contribution >= 0.6 is 23.1 Å². The van der Waals surface area contributed by atoms with Gasteiger partial charge in [-0.1, -0.05) is 43.3 Å². The number of para-hydroxylation sites is 1. The van der Waals surface area contributed by atoms with Crippen molar-refractivity contribution >= 4 is 34.7 Å². The number of fused-ring (bicyclic) bond motifs is 1. The van der Waals surface area contributed by atoms with Crippen LogP contribution in [0.2, 0.25) is 0 Å². The lowest BCUT2D eigenvalue weighted by atomic mass is 9.87. The van der Waals surface area contributed by atoms with Gasteiger partial charge in [-0.25, -0.2) is 0 Å². The number of aromatic nitrogens is 3. The van der Waals surface area contributed by atoms with E-state index in [0.29, 0.717) is 0 Å². The lowest BCUT2D eigenvalue weighted by molar-refractivity contribution is -0.115. The molecule has 0 radical (unpaired) electrons. The Morgan fingerprint density at radius 3 is 2.93 bits per heavy atom. The maximum absolute atomic E-state index is 12.7. The fraction of sp³-hybridized carbons (Fsp3) is 0.435. The zero-order valence-corrected chi connectivity index (χ0v) is 19.6. The Kier molecular flexibility index (Phi) is 6.29. The summed E-state index contributed by atoms with van der Waals surface area (Å²) >= 11 is 3.28. The summed E-state index contributed by atoms with van der Waals surface area (Å²) in [7, 11) is 1.98. The Bertz CT molecular complexity index is 1060. The van der Waals surface area contributed by atoms with Crippen molar-refractivity contribution in [2.45, 2.75) is 56.9 Å². The minimum Gasteiger partial charge on any atom is -0.325 e. The van der Waals surface area contributed by atoms with Gasteiger partial charge in [-0.15, -0.1) is 21.5 Å². The largest absolute Gasteiger partial charge is 0.325 e. The van der Waals surface area contributed by atoms with Gasteiger partial charge in [0, 0.05) is 17.6 Å². The van der Waals surface area contributed by atoms with E-state index in [1.54, 1.807) is 0 Å². The van der Waals surface area contributed by atoms with Crippen LogP contribution in [0.1, 0.15) is 42.7 Å². The van der Waals surface area contributed by atoms with Crippen molar-refractivity contribution in [3.05, 3.63) is 46.3 Å². The van der Waals surface area contributed by atoms with E-state index in [0.717, 1.165) is 28.1 Å². The number of benzene rings is 1. The van der Waals surface area contributed by atoms with Crippen molar-refractivity contribution in [2.75, 3.05) is 5.32 Å². The number of nitrogens with one attached hydrogen (secondary N) is 1. The number of rotatable bonds is 6. The molecule has 2 unspecified atom stereocenters. The molecular formula is C23H28N4OS2. The number of carbonyl (C=O) groups excluding carboxylic acids is 1. The molecule has 158 valence electrons. The summed E-state index contributed by atoms with van der Waals surface area (Å²) in [5.41, 5.74) is 3.38. The molecule has 0 aliphatic heterocycles. The van der Waals surface area contributed by atoms with Gasteiger partial charge in [0.25, 0.3) is 0 Å². The highest BCUT2D eigenvalue weighted by Gasteiger charge is 2.24. The third-order valence-corrected chi connectivity index (χ3v) is 8.24. The first kappa shape index (κ1) is 21.1. The molecule has 1 N–H and O–H groups in total. The summed E-state index contributed by atoms with van der Waals surface area (Å²) in [5, 5.41) is 12.3. The van der Waals surface area contributed by atoms with Gasteiger partial charge in [0.2, 0.25) is 5.91 Å². The molecule has 1 aliphatic carbocycles. The number of thioether (sulfide) groups is 1. The summed E-state index contributed by atoms with van der Waals surface area (Å²) in [6, 6.07) is 10.1. The molecule has 30 heavy (non-hydrogen) atoms. The molecule has 4 rings (SSSR count). The second-order valence-corrected chi connectivity index (χ2v) is 10.5. The molecule has 2 heterocycles. The molecule has 5 nitrogen and oxygen atoms in total. The molecule has 2 atom stereocenters. The van der Waals surface area contributed by atoms with Crippen LogP contribution in [0.4, 0.5) is 5.69 Å². The third-order valence-electron chi connectivity index (χ3n) is 5.87. The third kappa shape index (κ3) is 4.32.